The van der Waals surface area contributed by atoms with Crippen LogP contribution in [0.4, 0.5) is 0 Å². The van der Waals surface area contributed by atoms with Crippen molar-refractivity contribution in [3.05, 3.63) is 73.9 Å². The summed E-state index contributed by atoms with van der Waals surface area (Å²) in [5.41, 5.74) is 2.22. The fourth-order valence-electron chi connectivity index (χ4n) is 2.86. The molecule has 3 rings (SSSR count). The van der Waals surface area contributed by atoms with E-state index in [1.54, 1.807) is 19.9 Å². The average molecular weight is 437 g/mol. The van der Waals surface area contributed by atoms with Crippen molar-refractivity contribution in [3.63, 3.8) is 0 Å². The van der Waals surface area contributed by atoms with Gasteiger partial charge in [0.2, 0.25) is 0 Å². The Kier molecular flexibility index (Phi) is 7.59. The van der Waals surface area contributed by atoms with Gasteiger partial charge in [0.25, 0.3) is 0 Å². The molecule has 1 aromatic heterocycles. The summed E-state index contributed by atoms with van der Waals surface area (Å²) >= 11 is 18.7. The molecule has 1 unspecified atom stereocenters. The van der Waals surface area contributed by atoms with Crippen molar-refractivity contribution in [3.8, 4) is 0 Å². The lowest BCUT2D eigenvalue weighted by Gasteiger charge is -2.17. The second-order valence-corrected chi connectivity index (χ2v) is 7.11. The molecule has 0 bridgehead atoms. The molecule has 0 N–H and O–H groups in total. The number of fused-ring (bicyclic) bond motifs is 1. The molecule has 0 fully saturated rings. The number of hydrogen-bond acceptors (Lipinski definition) is 3. The summed E-state index contributed by atoms with van der Waals surface area (Å²) in [6, 6.07) is 11.0. The molecule has 0 saturated carbocycles. The Morgan fingerprint density at radius 3 is 2.18 bits per heavy atom. The Morgan fingerprint density at radius 2 is 1.54 bits per heavy atom. The van der Waals surface area contributed by atoms with Gasteiger partial charge in [0.1, 0.15) is 12.2 Å². The molecule has 6 heteroatoms. The highest BCUT2D eigenvalue weighted by Gasteiger charge is 2.29. The van der Waals surface area contributed by atoms with E-state index in [-0.39, 0.29) is 15.6 Å². The molecule has 0 aliphatic rings. The second-order valence-electron chi connectivity index (χ2n) is 5.97. The van der Waals surface area contributed by atoms with Gasteiger partial charge in [-0.2, -0.15) is 0 Å². The first kappa shape index (κ1) is 22.4. The highest BCUT2D eigenvalue weighted by molar-refractivity contribution is 6.46. The molecule has 0 aliphatic heterocycles. The SMILES string of the molecule is CC.Cc1c(Cl)c(Cl)c(C)c(C(=O)C(C=O)c2ccc3ccccc3n2)c1Cl. The minimum absolute atomic E-state index is 0.200. The van der Waals surface area contributed by atoms with E-state index in [1.807, 2.05) is 44.2 Å². The van der Waals surface area contributed by atoms with Gasteiger partial charge in [-0.25, -0.2) is 0 Å². The quantitative estimate of drug-likeness (QED) is 0.191. The van der Waals surface area contributed by atoms with E-state index in [0.29, 0.717) is 33.6 Å². The van der Waals surface area contributed by atoms with Gasteiger partial charge >= 0.3 is 0 Å². The van der Waals surface area contributed by atoms with Gasteiger partial charge < -0.3 is 4.79 Å². The number of pyridine rings is 1. The smallest absolute Gasteiger partial charge is 0.180 e. The molecule has 2 aromatic carbocycles. The van der Waals surface area contributed by atoms with Gasteiger partial charge in [0.15, 0.2) is 5.78 Å². The number of nitrogens with zero attached hydrogens (tertiary/aromatic N) is 1. The van der Waals surface area contributed by atoms with Crippen LogP contribution in [-0.2, 0) is 4.79 Å². The van der Waals surface area contributed by atoms with Crippen molar-refractivity contribution < 1.29 is 9.59 Å². The maximum atomic E-state index is 13.1. The van der Waals surface area contributed by atoms with E-state index in [2.05, 4.69) is 4.98 Å². The number of carbonyl (C=O) groups is 2. The number of halogens is 3. The number of hydrogen-bond donors (Lipinski definition) is 0. The van der Waals surface area contributed by atoms with Crippen molar-refractivity contribution in [1.29, 1.82) is 0 Å². The van der Waals surface area contributed by atoms with E-state index in [4.69, 9.17) is 34.8 Å². The number of ketones is 1. The molecule has 28 heavy (non-hydrogen) atoms. The number of benzene rings is 2. The number of para-hydroxylation sites is 1. The van der Waals surface area contributed by atoms with Gasteiger partial charge in [0, 0.05) is 10.9 Å². The van der Waals surface area contributed by atoms with Crippen LogP contribution >= 0.6 is 34.8 Å². The third-order valence-corrected chi connectivity index (χ3v) is 5.89. The predicted octanol–water partition coefficient (Wildman–Crippen LogP) is 7.00. The van der Waals surface area contributed by atoms with E-state index in [0.717, 1.165) is 5.39 Å². The van der Waals surface area contributed by atoms with Gasteiger partial charge in [-0.1, -0.05) is 72.9 Å². The molecular weight excluding hydrogens is 417 g/mol. The van der Waals surface area contributed by atoms with Crippen LogP contribution in [-0.4, -0.2) is 17.1 Å². The first-order chi connectivity index (χ1) is 13.4. The van der Waals surface area contributed by atoms with Crippen LogP contribution in [0.5, 0.6) is 0 Å². The Morgan fingerprint density at radius 1 is 0.929 bits per heavy atom. The fraction of sp³-hybridized carbons (Fsp3) is 0.227. The second kappa shape index (κ2) is 9.51. The van der Waals surface area contributed by atoms with Gasteiger partial charge in [-0.3, -0.25) is 9.78 Å². The zero-order valence-electron chi connectivity index (χ0n) is 16.0. The Hall–Kier alpha value is -1.94. The molecule has 1 heterocycles. The number of rotatable bonds is 4. The lowest BCUT2D eigenvalue weighted by atomic mass is 9.91. The first-order valence-corrected chi connectivity index (χ1v) is 9.99. The summed E-state index contributed by atoms with van der Waals surface area (Å²) in [6.07, 6.45) is 0.576. The predicted molar refractivity (Wildman–Crippen MR) is 117 cm³/mol. The van der Waals surface area contributed by atoms with Crippen LogP contribution in [0.1, 0.15) is 46.9 Å². The van der Waals surface area contributed by atoms with Crippen molar-refractivity contribution in [2.24, 2.45) is 0 Å². The maximum absolute atomic E-state index is 13.1. The third kappa shape index (κ3) is 4.07. The number of aromatic nitrogens is 1. The van der Waals surface area contributed by atoms with E-state index >= 15 is 0 Å². The van der Waals surface area contributed by atoms with Crippen LogP contribution in [0.25, 0.3) is 10.9 Å². The van der Waals surface area contributed by atoms with Crippen molar-refractivity contribution in [1.82, 2.24) is 4.98 Å². The van der Waals surface area contributed by atoms with Crippen LogP contribution in [0.3, 0.4) is 0 Å². The molecule has 3 nitrogen and oxygen atoms in total. The number of aldehydes is 1. The molecular formula is C22H20Cl3NO2. The molecule has 0 amide bonds. The van der Waals surface area contributed by atoms with Crippen LogP contribution in [0.2, 0.25) is 15.1 Å². The third-order valence-electron chi connectivity index (χ3n) is 4.38. The minimum Gasteiger partial charge on any atom is -0.302 e. The van der Waals surface area contributed by atoms with E-state index < -0.39 is 11.7 Å². The highest BCUT2D eigenvalue weighted by atomic mass is 35.5. The van der Waals surface area contributed by atoms with E-state index in [1.165, 1.54) is 0 Å². The molecule has 0 saturated heterocycles. The minimum atomic E-state index is -1.08. The van der Waals surface area contributed by atoms with E-state index in [9.17, 15) is 9.59 Å². The highest BCUT2D eigenvalue weighted by Crippen LogP contribution is 2.39. The zero-order chi connectivity index (χ0) is 21.0. The fourth-order valence-corrected chi connectivity index (χ4v) is 3.71. The van der Waals surface area contributed by atoms with Crippen molar-refractivity contribution >= 4 is 57.8 Å². The summed E-state index contributed by atoms with van der Waals surface area (Å²) in [5, 5.41) is 1.69. The van der Waals surface area contributed by atoms with Crippen LogP contribution in [0, 0.1) is 13.8 Å². The lowest BCUT2D eigenvalue weighted by Crippen LogP contribution is -2.18. The topological polar surface area (TPSA) is 47.0 Å². The molecule has 0 radical (unpaired) electrons. The monoisotopic (exact) mass is 435 g/mol. The van der Waals surface area contributed by atoms with Crippen LogP contribution < -0.4 is 0 Å². The summed E-state index contributed by atoms with van der Waals surface area (Å²) < 4.78 is 0. The summed E-state index contributed by atoms with van der Waals surface area (Å²) in [6.45, 7) is 7.33. The molecule has 0 aliphatic carbocycles. The molecule has 3 aromatic rings. The Balaban J connectivity index is 0.00000136. The van der Waals surface area contributed by atoms with Crippen molar-refractivity contribution in [2.75, 3.05) is 0 Å². The van der Waals surface area contributed by atoms with Gasteiger partial charge in [-0.05, 0) is 37.1 Å². The van der Waals surface area contributed by atoms with Gasteiger partial charge in [-0.15, -0.1) is 0 Å². The lowest BCUT2D eigenvalue weighted by molar-refractivity contribution is -0.108. The average Bonchev–Trinajstić information content (AvgIpc) is 2.73. The summed E-state index contributed by atoms with van der Waals surface area (Å²) in [5.74, 6) is -1.53. The summed E-state index contributed by atoms with van der Waals surface area (Å²) in [4.78, 5) is 29.3. The molecule has 0 spiro atoms. The number of carbonyl (C=O) groups excluding carboxylic acids is 2. The number of Topliss-reactive ketones (excluding diaryl/α,β-unsaturated/α-hetero) is 1. The summed E-state index contributed by atoms with van der Waals surface area (Å²) in [7, 11) is 0. The Labute approximate surface area is 179 Å². The zero-order valence-corrected chi connectivity index (χ0v) is 18.3. The first-order valence-electron chi connectivity index (χ1n) is 8.85. The molecule has 146 valence electrons. The largest absolute Gasteiger partial charge is 0.302 e. The normalized spacial score (nSPS) is 11.5. The maximum Gasteiger partial charge on any atom is 0.180 e. The van der Waals surface area contributed by atoms with Crippen LogP contribution in [0.15, 0.2) is 36.4 Å². The molecule has 1 atom stereocenters. The Bertz CT molecular complexity index is 1020. The van der Waals surface area contributed by atoms with Gasteiger partial charge in [0.05, 0.1) is 26.3 Å². The standard InChI is InChI=1S/C20H14Cl3NO2.C2H6/c1-10-16(17(21)11(2)19(23)18(10)22)20(26)13(9-25)15-8-7-12-5-3-4-6-14(12)24-15;1-2/h3-9,13H,1-2H3;1-2H3. The van der Waals surface area contributed by atoms with Crippen molar-refractivity contribution in [2.45, 2.75) is 33.6 Å².